The lowest BCUT2D eigenvalue weighted by molar-refractivity contribution is -0.127. The molecule has 0 spiro atoms. The third kappa shape index (κ3) is 3.79. The number of hydrogen-bond donors (Lipinski definition) is 1. The quantitative estimate of drug-likeness (QED) is 0.663. The van der Waals surface area contributed by atoms with Crippen LogP contribution in [0.5, 0.6) is 11.5 Å². The first-order valence-electron chi connectivity index (χ1n) is 10.8. The van der Waals surface area contributed by atoms with Crippen LogP contribution in [-0.4, -0.2) is 60.2 Å². The number of nitrogens with one attached hydrogen (secondary N) is 1. The number of carbonyl (C=O) groups is 3. The van der Waals surface area contributed by atoms with Crippen molar-refractivity contribution < 1.29 is 28.6 Å². The van der Waals surface area contributed by atoms with Crippen molar-refractivity contribution in [1.29, 1.82) is 0 Å². The van der Waals surface area contributed by atoms with Crippen molar-refractivity contribution in [1.82, 2.24) is 14.9 Å². The number of anilines is 1. The fourth-order valence-corrected chi connectivity index (χ4v) is 4.66. The Labute approximate surface area is 191 Å². The molecular formula is C23H28N4O6. The smallest absolute Gasteiger partial charge is 0.359 e. The van der Waals surface area contributed by atoms with Gasteiger partial charge in [0.1, 0.15) is 11.2 Å². The minimum Gasteiger partial charge on any atom is -0.493 e. The molecule has 10 heteroatoms. The van der Waals surface area contributed by atoms with Crippen LogP contribution in [-0.2, 0) is 16.1 Å². The molecule has 1 aliphatic heterocycles. The highest BCUT2D eigenvalue weighted by Crippen LogP contribution is 2.38. The van der Waals surface area contributed by atoms with Gasteiger partial charge >= 0.3 is 5.97 Å². The second-order valence-electron chi connectivity index (χ2n) is 8.47. The van der Waals surface area contributed by atoms with Crippen molar-refractivity contribution in [2.45, 2.75) is 50.7 Å². The number of imidazole rings is 1. The number of rotatable bonds is 6. The second-order valence-corrected chi connectivity index (χ2v) is 8.47. The Hall–Kier alpha value is -3.56. The third-order valence-corrected chi connectivity index (χ3v) is 6.40. The SMILES string of the molecule is COC(=O)c1ncn2c1C(=O)N(c1ccc(OC)c(OC)c1)[C@@](C)(C(=O)NC1CCCC1)C2. The molecule has 33 heavy (non-hydrogen) atoms. The minimum atomic E-state index is -1.28. The predicted octanol–water partition coefficient (Wildman–Crippen LogP) is 2.16. The van der Waals surface area contributed by atoms with Gasteiger partial charge in [-0.2, -0.15) is 0 Å². The van der Waals surface area contributed by atoms with E-state index in [1.165, 1.54) is 32.6 Å². The molecule has 2 aromatic rings. The van der Waals surface area contributed by atoms with Crippen molar-refractivity contribution in [2.24, 2.45) is 0 Å². The van der Waals surface area contributed by atoms with Gasteiger partial charge in [0, 0.05) is 17.8 Å². The van der Waals surface area contributed by atoms with Crippen LogP contribution in [0.3, 0.4) is 0 Å². The molecule has 1 aromatic carbocycles. The van der Waals surface area contributed by atoms with Crippen molar-refractivity contribution in [2.75, 3.05) is 26.2 Å². The summed E-state index contributed by atoms with van der Waals surface area (Å²) in [5.74, 6) is -0.618. The number of amides is 2. The lowest BCUT2D eigenvalue weighted by Gasteiger charge is -2.44. The Morgan fingerprint density at radius 2 is 1.82 bits per heavy atom. The summed E-state index contributed by atoms with van der Waals surface area (Å²) >= 11 is 0. The standard InChI is InChI=1S/C23H28N4O6/c1-23(22(30)25-14-7-5-6-8-14)12-26-13-24-18(21(29)33-4)19(26)20(28)27(23)15-9-10-16(31-2)17(11-15)32-3/h9-11,13-14H,5-8,12H2,1-4H3,(H,25,30)/t23-/m1/s1. The van der Waals surface area contributed by atoms with Gasteiger partial charge in [-0.1, -0.05) is 12.8 Å². The number of benzene rings is 1. The number of esters is 1. The number of ether oxygens (including phenoxy) is 3. The van der Waals surface area contributed by atoms with E-state index in [9.17, 15) is 14.4 Å². The van der Waals surface area contributed by atoms with Crippen LogP contribution in [0.25, 0.3) is 0 Å². The van der Waals surface area contributed by atoms with Gasteiger partial charge in [-0.15, -0.1) is 0 Å². The molecule has 2 amide bonds. The number of methoxy groups -OCH3 is 3. The molecule has 0 bridgehead atoms. The molecule has 4 rings (SSSR count). The normalized spacial score (nSPS) is 20.4. The number of hydrogen-bond acceptors (Lipinski definition) is 7. The molecule has 1 atom stereocenters. The zero-order chi connectivity index (χ0) is 23.8. The van der Waals surface area contributed by atoms with Crippen LogP contribution in [0.4, 0.5) is 5.69 Å². The highest BCUT2D eigenvalue weighted by Gasteiger charge is 2.50. The van der Waals surface area contributed by atoms with E-state index in [2.05, 4.69) is 10.3 Å². The Morgan fingerprint density at radius 3 is 2.45 bits per heavy atom. The Kier molecular flexibility index (Phi) is 6.01. The molecule has 176 valence electrons. The topological polar surface area (TPSA) is 112 Å². The van der Waals surface area contributed by atoms with Crippen LogP contribution in [0, 0.1) is 0 Å². The Balaban J connectivity index is 1.83. The van der Waals surface area contributed by atoms with Crippen LogP contribution >= 0.6 is 0 Å². The number of nitrogens with zero attached hydrogens (tertiary/aromatic N) is 3. The Bertz CT molecular complexity index is 1090. The van der Waals surface area contributed by atoms with Crippen LogP contribution in [0.2, 0.25) is 0 Å². The fourth-order valence-electron chi connectivity index (χ4n) is 4.66. The highest BCUT2D eigenvalue weighted by molar-refractivity contribution is 6.15. The fraction of sp³-hybridized carbons (Fsp3) is 0.478. The second kappa shape index (κ2) is 8.76. The first kappa shape index (κ1) is 22.6. The zero-order valence-electron chi connectivity index (χ0n) is 19.2. The van der Waals surface area contributed by atoms with Crippen molar-refractivity contribution in [3.63, 3.8) is 0 Å². The predicted molar refractivity (Wildman–Crippen MR) is 119 cm³/mol. The summed E-state index contributed by atoms with van der Waals surface area (Å²) in [5, 5.41) is 3.12. The minimum absolute atomic E-state index is 0.0720. The van der Waals surface area contributed by atoms with Gasteiger partial charge in [0.25, 0.3) is 5.91 Å². The molecule has 2 aliphatic rings. The first-order valence-corrected chi connectivity index (χ1v) is 10.8. The molecule has 1 fully saturated rings. The first-order chi connectivity index (χ1) is 15.8. The molecule has 0 radical (unpaired) electrons. The van der Waals surface area contributed by atoms with E-state index in [-0.39, 0.29) is 29.9 Å². The molecular weight excluding hydrogens is 428 g/mol. The molecule has 0 unspecified atom stereocenters. The number of fused-ring (bicyclic) bond motifs is 1. The summed E-state index contributed by atoms with van der Waals surface area (Å²) < 4.78 is 17.1. The molecule has 1 saturated carbocycles. The monoisotopic (exact) mass is 456 g/mol. The van der Waals surface area contributed by atoms with E-state index in [1.54, 1.807) is 29.7 Å². The van der Waals surface area contributed by atoms with Gasteiger partial charge in [-0.3, -0.25) is 14.5 Å². The van der Waals surface area contributed by atoms with E-state index in [1.807, 2.05) is 0 Å². The van der Waals surface area contributed by atoms with Crippen LogP contribution < -0.4 is 19.7 Å². The van der Waals surface area contributed by atoms with Gasteiger partial charge in [0.05, 0.1) is 34.2 Å². The van der Waals surface area contributed by atoms with Gasteiger partial charge in [0.2, 0.25) is 5.91 Å². The molecule has 1 N–H and O–H groups in total. The molecule has 0 saturated heterocycles. The van der Waals surface area contributed by atoms with E-state index < -0.39 is 17.4 Å². The summed E-state index contributed by atoms with van der Waals surface area (Å²) in [6, 6.07) is 5.07. The van der Waals surface area contributed by atoms with E-state index in [0.29, 0.717) is 17.2 Å². The maximum atomic E-state index is 13.8. The average molecular weight is 456 g/mol. The van der Waals surface area contributed by atoms with E-state index in [0.717, 1.165) is 25.7 Å². The van der Waals surface area contributed by atoms with Crippen molar-refractivity contribution >= 4 is 23.5 Å². The largest absolute Gasteiger partial charge is 0.493 e. The molecule has 1 aromatic heterocycles. The lowest BCUT2D eigenvalue weighted by Crippen LogP contribution is -2.65. The molecule has 2 heterocycles. The van der Waals surface area contributed by atoms with Gasteiger partial charge in [-0.05, 0) is 31.9 Å². The molecule has 10 nitrogen and oxygen atoms in total. The number of aromatic nitrogens is 2. The number of carbonyl (C=O) groups excluding carboxylic acids is 3. The maximum absolute atomic E-state index is 13.8. The van der Waals surface area contributed by atoms with E-state index >= 15 is 0 Å². The summed E-state index contributed by atoms with van der Waals surface area (Å²) in [4.78, 5) is 45.2. The van der Waals surface area contributed by atoms with Crippen molar-refractivity contribution in [3.05, 3.63) is 35.9 Å². The maximum Gasteiger partial charge on any atom is 0.359 e. The van der Waals surface area contributed by atoms with Crippen LogP contribution in [0.15, 0.2) is 24.5 Å². The summed E-state index contributed by atoms with van der Waals surface area (Å²) in [6.45, 7) is 1.83. The zero-order valence-corrected chi connectivity index (χ0v) is 19.2. The molecule has 1 aliphatic carbocycles. The lowest BCUT2D eigenvalue weighted by atomic mass is 9.92. The highest BCUT2D eigenvalue weighted by atomic mass is 16.5. The Morgan fingerprint density at radius 1 is 1.12 bits per heavy atom. The summed E-state index contributed by atoms with van der Waals surface area (Å²) in [7, 11) is 4.24. The third-order valence-electron chi connectivity index (χ3n) is 6.40. The van der Waals surface area contributed by atoms with Crippen LogP contribution in [0.1, 0.15) is 53.6 Å². The average Bonchev–Trinajstić information content (AvgIpc) is 3.48. The summed E-state index contributed by atoms with van der Waals surface area (Å²) in [5.41, 5.74) is -0.862. The van der Waals surface area contributed by atoms with Gasteiger partial charge < -0.3 is 24.1 Å². The van der Waals surface area contributed by atoms with Gasteiger partial charge in [-0.25, -0.2) is 9.78 Å². The van der Waals surface area contributed by atoms with E-state index in [4.69, 9.17) is 14.2 Å². The summed E-state index contributed by atoms with van der Waals surface area (Å²) in [6.07, 6.45) is 5.35. The van der Waals surface area contributed by atoms with Crippen molar-refractivity contribution in [3.8, 4) is 11.5 Å². The van der Waals surface area contributed by atoms with Gasteiger partial charge in [0.15, 0.2) is 17.2 Å².